The Balaban J connectivity index is 0.00000200. The van der Waals surface area contributed by atoms with Crippen LogP contribution in [0.15, 0.2) is 36.4 Å². The Morgan fingerprint density at radius 2 is 2.10 bits per heavy atom. The molecule has 0 aliphatic heterocycles. The first-order chi connectivity index (χ1) is 9.15. The maximum absolute atomic E-state index is 11.7. The standard InChI is InChI=1S/C14H18N4O.ClH/c1-10-7-12(18-17-10)8-14(19)16-9-13(15)11-5-3-2-4-6-11;/h2-7,13H,8-9,15H2,1H3,(H,16,19)(H,17,18);1H. The summed E-state index contributed by atoms with van der Waals surface area (Å²) in [6.07, 6.45) is 0.270. The maximum Gasteiger partial charge on any atom is 0.226 e. The van der Waals surface area contributed by atoms with E-state index in [1.807, 2.05) is 43.3 Å². The fourth-order valence-electron chi connectivity index (χ4n) is 1.83. The first-order valence-electron chi connectivity index (χ1n) is 6.23. The lowest BCUT2D eigenvalue weighted by atomic mass is 10.1. The molecule has 1 aromatic heterocycles. The van der Waals surface area contributed by atoms with Gasteiger partial charge in [-0.25, -0.2) is 0 Å². The number of hydrogen-bond acceptors (Lipinski definition) is 3. The summed E-state index contributed by atoms with van der Waals surface area (Å²) in [5.74, 6) is -0.0714. The predicted molar refractivity (Wildman–Crippen MR) is 80.7 cm³/mol. The zero-order chi connectivity index (χ0) is 13.7. The molecule has 0 bridgehead atoms. The number of aromatic nitrogens is 2. The van der Waals surface area contributed by atoms with Crippen molar-refractivity contribution >= 4 is 18.3 Å². The molecule has 0 spiro atoms. The van der Waals surface area contributed by atoms with Crippen LogP contribution in [0.4, 0.5) is 0 Å². The minimum Gasteiger partial charge on any atom is -0.354 e. The van der Waals surface area contributed by atoms with Crippen molar-refractivity contribution in [1.82, 2.24) is 15.5 Å². The van der Waals surface area contributed by atoms with Gasteiger partial charge < -0.3 is 11.1 Å². The fraction of sp³-hybridized carbons (Fsp3) is 0.286. The average molecular weight is 295 g/mol. The number of H-pyrrole nitrogens is 1. The number of nitrogens with one attached hydrogen (secondary N) is 2. The number of hydrogen-bond donors (Lipinski definition) is 3. The minimum absolute atomic E-state index is 0. The molecule has 0 aliphatic rings. The summed E-state index contributed by atoms with van der Waals surface area (Å²) in [4.78, 5) is 11.7. The molecule has 4 N–H and O–H groups in total. The highest BCUT2D eigenvalue weighted by Crippen LogP contribution is 2.08. The third-order valence-electron chi connectivity index (χ3n) is 2.85. The Labute approximate surface area is 124 Å². The number of benzene rings is 1. The second-order valence-corrected chi connectivity index (χ2v) is 4.54. The third kappa shape index (κ3) is 4.68. The van der Waals surface area contributed by atoms with E-state index >= 15 is 0 Å². The van der Waals surface area contributed by atoms with Gasteiger partial charge in [-0.3, -0.25) is 9.89 Å². The van der Waals surface area contributed by atoms with E-state index in [0.29, 0.717) is 6.54 Å². The Bertz CT molecular complexity index is 541. The van der Waals surface area contributed by atoms with Crippen molar-refractivity contribution in [3.8, 4) is 0 Å². The highest BCUT2D eigenvalue weighted by molar-refractivity contribution is 5.85. The van der Waals surface area contributed by atoms with Gasteiger partial charge in [0.25, 0.3) is 0 Å². The Kier molecular flexibility index (Phi) is 6.21. The number of aromatic amines is 1. The number of rotatable bonds is 5. The molecular weight excluding hydrogens is 276 g/mol. The van der Waals surface area contributed by atoms with Crippen LogP contribution in [-0.4, -0.2) is 22.6 Å². The number of halogens is 1. The quantitative estimate of drug-likeness (QED) is 0.781. The van der Waals surface area contributed by atoms with Gasteiger partial charge in [-0.1, -0.05) is 30.3 Å². The lowest BCUT2D eigenvalue weighted by Crippen LogP contribution is -2.32. The van der Waals surface area contributed by atoms with E-state index in [1.165, 1.54) is 0 Å². The van der Waals surface area contributed by atoms with E-state index in [0.717, 1.165) is 17.0 Å². The molecule has 1 aromatic carbocycles. The van der Waals surface area contributed by atoms with Gasteiger partial charge in [0.15, 0.2) is 0 Å². The first-order valence-corrected chi connectivity index (χ1v) is 6.23. The van der Waals surface area contributed by atoms with Crippen molar-refractivity contribution < 1.29 is 4.79 Å². The van der Waals surface area contributed by atoms with Crippen LogP contribution < -0.4 is 11.1 Å². The van der Waals surface area contributed by atoms with Crippen molar-refractivity contribution in [3.05, 3.63) is 53.3 Å². The van der Waals surface area contributed by atoms with Crippen LogP contribution >= 0.6 is 12.4 Å². The fourth-order valence-corrected chi connectivity index (χ4v) is 1.83. The van der Waals surface area contributed by atoms with Crippen LogP contribution in [0.5, 0.6) is 0 Å². The lowest BCUT2D eigenvalue weighted by molar-refractivity contribution is -0.120. The van der Waals surface area contributed by atoms with Crippen LogP contribution in [0.3, 0.4) is 0 Å². The summed E-state index contributed by atoms with van der Waals surface area (Å²) < 4.78 is 0. The van der Waals surface area contributed by atoms with E-state index in [-0.39, 0.29) is 30.8 Å². The third-order valence-corrected chi connectivity index (χ3v) is 2.85. The summed E-state index contributed by atoms with van der Waals surface area (Å²) in [5.41, 5.74) is 8.70. The first kappa shape index (κ1) is 16.2. The topological polar surface area (TPSA) is 83.8 Å². The number of nitrogens with two attached hydrogens (primary N) is 1. The average Bonchev–Trinajstić information content (AvgIpc) is 2.82. The zero-order valence-electron chi connectivity index (χ0n) is 11.3. The van der Waals surface area contributed by atoms with Gasteiger partial charge in [0.1, 0.15) is 0 Å². The minimum atomic E-state index is -0.189. The number of carbonyl (C=O) groups is 1. The number of amides is 1. The highest BCUT2D eigenvalue weighted by atomic mass is 35.5. The number of carbonyl (C=O) groups excluding carboxylic acids is 1. The van der Waals surface area contributed by atoms with E-state index < -0.39 is 0 Å². The SMILES string of the molecule is Cc1cc(CC(=O)NCC(N)c2ccccc2)n[nH]1.Cl. The Morgan fingerprint density at radius 3 is 2.70 bits per heavy atom. The van der Waals surface area contributed by atoms with Crippen molar-refractivity contribution in [1.29, 1.82) is 0 Å². The van der Waals surface area contributed by atoms with Crippen LogP contribution in [0.25, 0.3) is 0 Å². The second-order valence-electron chi connectivity index (χ2n) is 4.54. The van der Waals surface area contributed by atoms with Gasteiger partial charge in [-0.05, 0) is 18.6 Å². The molecule has 108 valence electrons. The van der Waals surface area contributed by atoms with Crippen molar-refractivity contribution in [3.63, 3.8) is 0 Å². The molecule has 1 heterocycles. The number of nitrogens with zero attached hydrogens (tertiary/aromatic N) is 1. The Hall–Kier alpha value is -1.85. The van der Waals surface area contributed by atoms with E-state index in [9.17, 15) is 4.79 Å². The highest BCUT2D eigenvalue weighted by Gasteiger charge is 2.09. The molecule has 6 heteroatoms. The smallest absolute Gasteiger partial charge is 0.226 e. The summed E-state index contributed by atoms with van der Waals surface area (Å²) in [7, 11) is 0. The molecular formula is C14H19ClN4O. The van der Waals surface area contributed by atoms with Gasteiger partial charge in [-0.15, -0.1) is 12.4 Å². The van der Waals surface area contributed by atoms with Crippen LogP contribution in [0.2, 0.25) is 0 Å². The molecule has 0 saturated carbocycles. The summed E-state index contributed by atoms with van der Waals surface area (Å²) in [5, 5.41) is 9.65. The van der Waals surface area contributed by atoms with E-state index in [4.69, 9.17) is 5.73 Å². The zero-order valence-corrected chi connectivity index (χ0v) is 12.1. The normalized spacial score (nSPS) is 11.5. The van der Waals surface area contributed by atoms with Gasteiger partial charge >= 0.3 is 0 Å². The lowest BCUT2D eigenvalue weighted by Gasteiger charge is -2.12. The molecule has 1 atom stereocenters. The van der Waals surface area contributed by atoms with Crippen molar-refractivity contribution in [2.75, 3.05) is 6.54 Å². The van der Waals surface area contributed by atoms with Crippen molar-refractivity contribution in [2.24, 2.45) is 5.73 Å². The van der Waals surface area contributed by atoms with E-state index in [1.54, 1.807) is 0 Å². The van der Waals surface area contributed by atoms with Crippen LogP contribution in [0.1, 0.15) is 23.0 Å². The predicted octanol–water partition coefficient (Wildman–Crippen LogP) is 1.50. The van der Waals surface area contributed by atoms with Gasteiger partial charge in [0.05, 0.1) is 12.1 Å². The molecule has 20 heavy (non-hydrogen) atoms. The molecule has 1 unspecified atom stereocenters. The van der Waals surface area contributed by atoms with Crippen LogP contribution in [-0.2, 0) is 11.2 Å². The van der Waals surface area contributed by atoms with Gasteiger partial charge in [-0.2, -0.15) is 5.10 Å². The van der Waals surface area contributed by atoms with Crippen LogP contribution in [0, 0.1) is 6.92 Å². The largest absolute Gasteiger partial charge is 0.354 e. The second kappa shape index (κ2) is 7.67. The summed E-state index contributed by atoms with van der Waals surface area (Å²) in [6, 6.07) is 11.4. The molecule has 1 amide bonds. The maximum atomic E-state index is 11.7. The summed E-state index contributed by atoms with van der Waals surface area (Å²) >= 11 is 0. The molecule has 5 nitrogen and oxygen atoms in total. The van der Waals surface area contributed by atoms with E-state index in [2.05, 4.69) is 15.5 Å². The summed E-state index contributed by atoms with van der Waals surface area (Å²) in [6.45, 7) is 2.33. The molecule has 2 aromatic rings. The molecule has 0 fully saturated rings. The van der Waals surface area contributed by atoms with Crippen molar-refractivity contribution in [2.45, 2.75) is 19.4 Å². The Morgan fingerprint density at radius 1 is 1.40 bits per heavy atom. The molecule has 0 aliphatic carbocycles. The molecule has 2 rings (SSSR count). The number of aryl methyl sites for hydroxylation is 1. The monoisotopic (exact) mass is 294 g/mol. The van der Waals surface area contributed by atoms with Gasteiger partial charge in [0, 0.05) is 18.3 Å². The molecule has 0 radical (unpaired) electrons. The van der Waals surface area contributed by atoms with Gasteiger partial charge in [0.2, 0.25) is 5.91 Å². The molecule has 0 saturated heterocycles.